The minimum atomic E-state index is -1.24. The van der Waals surface area contributed by atoms with Gasteiger partial charge in [-0.2, -0.15) is 0 Å². The molecule has 72 heavy (non-hydrogen) atoms. The number of fused-ring (bicyclic) bond motifs is 14. The van der Waals surface area contributed by atoms with Crippen molar-refractivity contribution in [2.75, 3.05) is 13.2 Å². The number of allylic oxidation sites excluding steroid dienone is 5. The second-order valence-corrected chi connectivity index (χ2v) is 28.7. The highest BCUT2D eigenvalue weighted by atomic mass is 16.4. The Morgan fingerprint density at radius 2 is 1.04 bits per heavy atom. The number of ketones is 2. The molecule has 10 aliphatic carbocycles. The monoisotopic (exact) mass is 1000 g/mol. The van der Waals surface area contributed by atoms with Crippen molar-refractivity contribution in [3.8, 4) is 0 Å². The molecule has 0 aliphatic heterocycles. The minimum Gasteiger partial charge on any atom is -0.481 e. The average molecular weight is 1000 g/mol. The van der Waals surface area contributed by atoms with Crippen molar-refractivity contribution in [1.82, 2.24) is 0 Å². The summed E-state index contributed by atoms with van der Waals surface area (Å²) in [6, 6.07) is 0. The molecule has 0 heterocycles. The lowest BCUT2D eigenvalue weighted by molar-refractivity contribution is -0.227. The van der Waals surface area contributed by atoms with Gasteiger partial charge in [-0.05, 0) is 201 Å². The number of aliphatic hydroxyl groups is 4. The summed E-state index contributed by atoms with van der Waals surface area (Å²) in [5, 5.41) is 62.2. The Labute approximate surface area is 434 Å². The van der Waals surface area contributed by atoms with Gasteiger partial charge in [0.15, 0.2) is 11.6 Å². The third-order valence-corrected chi connectivity index (χ3v) is 25.6. The largest absolute Gasteiger partial charge is 0.481 e. The number of aliphatic hydroxyl groups excluding tert-OH is 4. The van der Waals surface area contributed by atoms with E-state index in [2.05, 4.69) is 61.5 Å². The Kier molecular flexibility index (Phi) is 13.6. The van der Waals surface area contributed by atoms with Crippen LogP contribution in [-0.4, -0.2) is 79.6 Å². The lowest BCUT2D eigenvalue weighted by Crippen LogP contribution is -2.66. The Hall–Kier alpha value is -2.92. The van der Waals surface area contributed by atoms with Gasteiger partial charge in [0.2, 0.25) is 0 Å². The van der Waals surface area contributed by atoms with E-state index in [9.17, 15) is 49.8 Å². The van der Waals surface area contributed by atoms with Crippen LogP contribution < -0.4 is 0 Å². The van der Waals surface area contributed by atoms with Crippen molar-refractivity contribution in [2.45, 2.75) is 213 Å². The minimum absolute atomic E-state index is 0. The number of carboxylic acid groups (broad SMARTS) is 2. The highest BCUT2D eigenvalue weighted by molar-refractivity contribution is 5.98. The average Bonchev–Trinajstić information content (AvgIpc) is 3.31. The summed E-state index contributed by atoms with van der Waals surface area (Å²) in [7, 11) is 0. The van der Waals surface area contributed by atoms with E-state index in [1.54, 1.807) is 19.1 Å². The van der Waals surface area contributed by atoms with Crippen LogP contribution in [0.5, 0.6) is 0 Å². The molecule has 0 aromatic rings. The van der Waals surface area contributed by atoms with Gasteiger partial charge in [0.05, 0.1) is 24.0 Å². The number of rotatable bonds is 4. The molecule has 10 heteroatoms. The predicted octanol–water partition coefficient (Wildman–Crippen LogP) is 12.1. The zero-order valence-corrected chi connectivity index (χ0v) is 44.8. The molecule has 406 valence electrons. The Morgan fingerprint density at radius 3 is 1.58 bits per heavy atom. The molecule has 18 atom stereocenters. The Balaban J connectivity index is 0.000000229. The lowest BCUT2D eigenvalue weighted by Gasteiger charge is -2.73. The molecule has 2 unspecified atom stereocenters. The van der Waals surface area contributed by atoms with Crippen molar-refractivity contribution in [1.29, 1.82) is 0 Å². The van der Waals surface area contributed by atoms with E-state index >= 15 is 0 Å². The Morgan fingerprint density at radius 1 is 0.556 bits per heavy atom. The van der Waals surface area contributed by atoms with Crippen LogP contribution in [0.25, 0.3) is 0 Å². The van der Waals surface area contributed by atoms with Crippen molar-refractivity contribution >= 4 is 23.5 Å². The summed E-state index contributed by atoms with van der Waals surface area (Å²) in [5.41, 5.74) is 0.948. The number of carboxylic acids is 2. The fourth-order valence-corrected chi connectivity index (χ4v) is 19.6. The van der Waals surface area contributed by atoms with E-state index < -0.39 is 45.8 Å². The molecular weight excluding hydrogens is 905 g/mol. The van der Waals surface area contributed by atoms with Crippen LogP contribution in [0, 0.1) is 88.7 Å². The lowest BCUT2D eigenvalue weighted by atomic mass is 9.31. The summed E-state index contributed by atoms with van der Waals surface area (Å²) >= 11 is 0. The van der Waals surface area contributed by atoms with Gasteiger partial charge in [-0.25, -0.2) is 0 Å². The maximum Gasteiger partial charge on any atom is 0.309 e. The number of hydrogen-bond donors (Lipinski definition) is 6. The number of carbonyl (C=O) groups is 4. The van der Waals surface area contributed by atoms with E-state index in [1.165, 1.54) is 5.57 Å². The van der Waals surface area contributed by atoms with Crippen LogP contribution in [0.4, 0.5) is 0 Å². The summed E-state index contributed by atoms with van der Waals surface area (Å²) in [6.07, 6.45) is 20.4. The molecule has 10 rings (SSSR count). The van der Waals surface area contributed by atoms with Crippen LogP contribution in [0.1, 0.15) is 202 Å². The first kappa shape index (κ1) is 56.8. The maximum atomic E-state index is 12.9. The van der Waals surface area contributed by atoms with Crippen molar-refractivity contribution in [3.05, 3.63) is 46.6 Å². The third-order valence-electron chi connectivity index (χ3n) is 25.6. The second-order valence-electron chi connectivity index (χ2n) is 28.7. The second kappa shape index (κ2) is 17.3. The normalized spacial score (nSPS) is 51.9. The topological polar surface area (TPSA) is 190 Å². The van der Waals surface area contributed by atoms with Gasteiger partial charge in [-0.3, -0.25) is 19.2 Å². The molecule has 0 aromatic carbocycles. The van der Waals surface area contributed by atoms with Gasteiger partial charge in [0.25, 0.3) is 0 Å². The molecule has 0 aromatic heterocycles. The Bertz CT molecular complexity index is 2420. The number of hydrogen-bond acceptors (Lipinski definition) is 8. The van der Waals surface area contributed by atoms with Gasteiger partial charge in [-0.15, -0.1) is 0 Å². The van der Waals surface area contributed by atoms with Gasteiger partial charge in [0, 0.05) is 17.7 Å². The third kappa shape index (κ3) is 7.10. The summed E-state index contributed by atoms with van der Waals surface area (Å²) in [6.45, 7) is 26.2. The molecule has 7 saturated carbocycles. The molecule has 0 spiro atoms. The van der Waals surface area contributed by atoms with Crippen LogP contribution in [-0.2, 0) is 19.2 Å². The first-order valence-electron chi connectivity index (χ1n) is 27.2. The van der Waals surface area contributed by atoms with Crippen molar-refractivity contribution in [3.63, 3.8) is 0 Å². The fraction of sp³-hybridized carbons (Fsp3) is 0.806. The zero-order valence-electron chi connectivity index (χ0n) is 44.8. The SMILES string of the molecule is C.C.C[C@@]1(C(=O)O)CC[C@]2(C)CC[C@]3(C)C4=CC=C5C(=CC(=O)[C@H](O)[C@@]5(C)CO)[C@]4(C)CC[C@@]3(C)[C@@H]2C1.C[C@@]1(C(=O)O)CC[C@]2(C)CC[C@]3(C)C4CCC5C(=CC(=O)[C@H](O)[C@@]5(C)CO)[C@]4(C)CC[C@@]3(C)[C@@H]2C1.[HH]. The fourth-order valence-electron chi connectivity index (χ4n) is 19.6. The quantitative estimate of drug-likeness (QED) is 0.158. The van der Waals surface area contributed by atoms with E-state index in [0.29, 0.717) is 24.2 Å². The first-order chi connectivity index (χ1) is 32.2. The smallest absolute Gasteiger partial charge is 0.309 e. The first-order valence-corrected chi connectivity index (χ1v) is 27.2. The van der Waals surface area contributed by atoms with E-state index in [1.807, 2.05) is 26.8 Å². The molecule has 10 aliphatic rings. The molecule has 0 saturated heterocycles. The van der Waals surface area contributed by atoms with Crippen molar-refractivity contribution in [2.24, 2.45) is 88.7 Å². The van der Waals surface area contributed by atoms with Crippen LogP contribution >= 0.6 is 0 Å². The van der Waals surface area contributed by atoms with Gasteiger partial charge in [-0.1, -0.05) is 107 Å². The summed E-state index contributed by atoms with van der Waals surface area (Å²) < 4.78 is 0. The number of carbonyl (C=O) groups excluding carboxylic acids is 2. The number of aliphatic carboxylic acids is 2. The molecule has 6 N–H and O–H groups in total. The van der Waals surface area contributed by atoms with E-state index in [0.717, 1.165) is 113 Å². The zero-order chi connectivity index (χ0) is 51.6. The van der Waals surface area contributed by atoms with Crippen molar-refractivity contribution < 1.29 is 51.2 Å². The van der Waals surface area contributed by atoms with E-state index in [-0.39, 0.29) is 90.3 Å². The van der Waals surface area contributed by atoms with Gasteiger partial charge in [0.1, 0.15) is 12.2 Å². The molecule has 0 radical (unpaired) electrons. The molecule has 7 fully saturated rings. The van der Waals surface area contributed by atoms with Gasteiger partial charge < -0.3 is 30.6 Å². The highest BCUT2D eigenvalue weighted by Crippen LogP contribution is 2.79. The summed E-state index contributed by atoms with van der Waals surface area (Å²) in [5.74, 6) is -0.789. The van der Waals surface area contributed by atoms with E-state index in [4.69, 9.17) is 0 Å². The highest BCUT2D eigenvalue weighted by Gasteiger charge is 2.71. The van der Waals surface area contributed by atoms with Crippen LogP contribution in [0.2, 0.25) is 0 Å². The molecule has 10 nitrogen and oxygen atoms in total. The van der Waals surface area contributed by atoms with Gasteiger partial charge >= 0.3 is 11.9 Å². The predicted molar refractivity (Wildman–Crippen MR) is 284 cm³/mol. The molecule has 0 amide bonds. The standard InChI is InChI=1S/C30H46O5.C30H42O5.2CH4.H2/c2*1-25-9-10-26(2,24(34)35)16-22(25)30(6)14-12-27(3)19-15-20(32)23(33)28(4,17-31)18(19)7-8-21(27)29(30,5)13-11-25;;;/h15,18,21-23,31,33H,7-14,16-17H2,1-6H3,(H,34,35);7-8,15,22-23,31,33H,9-14,16-17H2,1-6H3,(H,34,35);2*1H4;1H/t18?,21?,22-,23+,25-,26-,27+,28+,29-,30+;22-,23+,25-,26-,27+,28+,29-,30+;;;/m11.../s1. The summed E-state index contributed by atoms with van der Waals surface area (Å²) in [4.78, 5) is 50.4. The maximum absolute atomic E-state index is 12.9. The molecule has 0 bridgehead atoms. The van der Waals surface area contributed by atoms with Crippen LogP contribution in [0.15, 0.2) is 46.6 Å². The van der Waals surface area contributed by atoms with Crippen LogP contribution in [0.3, 0.4) is 0 Å². The molecular formula is C62H98O10.